The van der Waals surface area contributed by atoms with E-state index in [1.54, 1.807) is 12.1 Å². The van der Waals surface area contributed by atoms with Crippen molar-refractivity contribution in [1.82, 2.24) is 4.98 Å². The van der Waals surface area contributed by atoms with Crippen LogP contribution in [0.25, 0.3) is 10.6 Å². The highest BCUT2D eigenvalue weighted by Gasteiger charge is 2.21. The van der Waals surface area contributed by atoms with Gasteiger partial charge in [-0.05, 0) is 23.7 Å². The van der Waals surface area contributed by atoms with Crippen LogP contribution in [0.15, 0.2) is 24.3 Å². The molecular weight excluding hydrogens is 425 g/mol. The fraction of sp³-hybridized carbons (Fsp3) is 0.0909. The minimum Gasteiger partial charge on any atom is -0.275 e. The molecule has 7 heteroatoms. The van der Waals surface area contributed by atoms with Crippen LogP contribution in [-0.2, 0) is 0 Å². The van der Waals surface area contributed by atoms with E-state index < -0.39 is 5.24 Å². The van der Waals surface area contributed by atoms with Crippen LogP contribution in [0.2, 0.25) is 5.02 Å². The zero-order chi connectivity index (χ0) is 13.3. The molecule has 0 aliphatic rings. The molecular formula is C11H5Br2Cl2NOS. The summed E-state index contributed by atoms with van der Waals surface area (Å²) in [6.45, 7) is 0. The zero-order valence-corrected chi connectivity index (χ0v) is 14.2. The second-order valence-corrected chi connectivity index (χ2v) is 8.15. The highest BCUT2D eigenvalue weighted by atomic mass is 79.9. The van der Waals surface area contributed by atoms with Gasteiger partial charge in [0.2, 0.25) is 0 Å². The van der Waals surface area contributed by atoms with Gasteiger partial charge in [0.05, 0.1) is 5.69 Å². The Morgan fingerprint density at radius 3 is 2.33 bits per heavy atom. The van der Waals surface area contributed by atoms with Gasteiger partial charge in [-0.25, -0.2) is 4.98 Å². The normalized spacial score (nSPS) is 10.9. The van der Waals surface area contributed by atoms with Crippen molar-refractivity contribution in [2.45, 2.75) is 3.74 Å². The molecule has 0 atom stereocenters. The predicted octanol–water partition coefficient (Wildman–Crippen LogP) is 5.63. The lowest BCUT2D eigenvalue weighted by atomic mass is 10.2. The number of thiazole rings is 1. The van der Waals surface area contributed by atoms with Crippen LogP contribution in [0.3, 0.4) is 0 Å². The molecule has 0 fully saturated rings. The number of carbonyl (C=O) groups excluding carboxylic acids is 1. The smallest absolute Gasteiger partial charge is 0.264 e. The maximum absolute atomic E-state index is 11.3. The van der Waals surface area contributed by atoms with Gasteiger partial charge in [0, 0.05) is 10.6 Å². The third kappa shape index (κ3) is 3.14. The molecule has 0 unspecified atom stereocenters. The van der Waals surface area contributed by atoms with Crippen molar-refractivity contribution >= 4 is 71.6 Å². The first-order valence-corrected chi connectivity index (χ1v) is 8.14. The molecule has 94 valence electrons. The number of alkyl halides is 2. The SMILES string of the molecule is O=C(Cl)c1sc(-c2ccc(Cl)cc2)nc1C(Br)Br. The molecule has 0 amide bonds. The fourth-order valence-corrected chi connectivity index (χ4v) is 3.58. The van der Waals surface area contributed by atoms with Gasteiger partial charge in [-0.1, -0.05) is 55.6 Å². The topological polar surface area (TPSA) is 30.0 Å². The van der Waals surface area contributed by atoms with Crippen LogP contribution < -0.4 is 0 Å². The fourth-order valence-electron chi connectivity index (χ4n) is 1.34. The van der Waals surface area contributed by atoms with Gasteiger partial charge in [0.25, 0.3) is 5.24 Å². The van der Waals surface area contributed by atoms with E-state index in [0.29, 0.717) is 15.6 Å². The quantitative estimate of drug-likeness (QED) is 0.467. The van der Waals surface area contributed by atoms with E-state index in [4.69, 9.17) is 23.2 Å². The zero-order valence-electron chi connectivity index (χ0n) is 8.66. The molecule has 2 nitrogen and oxygen atoms in total. The van der Waals surface area contributed by atoms with E-state index in [9.17, 15) is 4.79 Å². The monoisotopic (exact) mass is 427 g/mol. The maximum atomic E-state index is 11.3. The molecule has 0 saturated heterocycles. The van der Waals surface area contributed by atoms with Crippen LogP contribution in [0.1, 0.15) is 19.1 Å². The molecule has 1 aromatic heterocycles. The lowest BCUT2D eigenvalue weighted by molar-refractivity contribution is 0.108. The van der Waals surface area contributed by atoms with Gasteiger partial charge in [-0.15, -0.1) is 11.3 Å². The molecule has 2 rings (SSSR count). The van der Waals surface area contributed by atoms with Crippen molar-refractivity contribution in [1.29, 1.82) is 0 Å². The van der Waals surface area contributed by atoms with Crippen molar-refractivity contribution in [3.8, 4) is 10.6 Å². The largest absolute Gasteiger partial charge is 0.275 e. The minimum atomic E-state index is -0.508. The van der Waals surface area contributed by atoms with Crippen molar-refractivity contribution in [3.63, 3.8) is 0 Å². The molecule has 0 aliphatic carbocycles. The Labute approximate surface area is 135 Å². The minimum absolute atomic E-state index is 0.208. The highest BCUT2D eigenvalue weighted by Crippen LogP contribution is 2.38. The van der Waals surface area contributed by atoms with Crippen molar-refractivity contribution in [2.24, 2.45) is 0 Å². The number of benzene rings is 1. The van der Waals surface area contributed by atoms with E-state index >= 15 is 0 Å². The number of nitrogens with zero attached hydrogens (tertiary/aromatic N) is 1. The molecule has 0 radical (unpaired) electrons. The van der Waals surface area contributed by atoms with E-state index in [1.807, 2.05) is 12.1 Å². The summed E-state index contributed by atoms with van der Waals surface area (Å²) in [6, 6.07) is 7.26. The average Bonchev–Trinajstić information content (AvgIpc) is 2.75. The van der Waals surface area contributed by atoms with Gasteiger partial charge in [-0.2, -0.15) is 0 Å². The summed E-state index contributed by atoms with van der Waals surface area (Å²) < 4.78 is -0.208. The molecule has 0 spiro atoms. The summed E-state index contributed by atoms with van der Waals surface area (Å²) in [6.07, 6.45) is 0. The molecule has 1 heterocycles. The van der Waals surface area contributed by atoms with Crippen LogP contribution in [0, 0.1) is 0 Å². The summed E-state index contributed by atoms with van der Waals surface area (Å²) in [4.78, 5) is 16.2. The van der Waals surface area contributed by atoms with E-state index in [1.165, 1.54) is 11.3 Å². The van der Waals surface area contributed by atoms with Crippen molar-refractivity contribution in [3.05, 3.63) is 39.9 Å². The Bertz CT molecular complexity index is 583. The summed E-state index contributed by atoms with van der Waals surface area (Å²) in [5, 5.41) is 0.879. The van der Waals surface area contributed by atoms with Crippen LogP contribution in [-0.4, -0.2) is 10.2 Å². The van der Waals surface area contributed by atoms with Gasteiger partial charge in [0.15, 0.2) is 0 Å². The number of hydrogen-bond acceptors (Lipinski definition) is 3. The van der Waals surface area contributed by atoms with Gasteiger partial charge >= 0.3 is 0 Å². The first-order valence-electron chi connectivity index (χ1n) is 4.73. The molecule has 2 aromatic rings. The molecule has 1 aromatic carbocycles. The maximum Gasteiger partial charge on any atom is 0.264 e. The predicted molar refractivity (Wildman–Crippen MR) is 83.3 cm³/mol. The first kappa shape index (κ1) is 14.5. The summed E-state index contributed by atoms with van der Waals surface area (Å²) >= 11 is 19.3. The molecule has 0 aliphatic heterocycles. The highest BCUT2D eigenvalue weighted by molar-refractivity contribution is 9.24. The lowest BCUT2D eigenvalue weighted by Crippen LogP contribution is -1.91. The standard InChI is InChI=1S/C11H5Br2Cl2NOS/c12-9(13)7-8(10(15)17)18-11(16-7)5-1-3-6(14)4-2-5/h1-4,9H. The number of rotatable bonds is 3. The van der Waals surface area contributed by atoms with Gasteiger partial charge < -0.3 is 0 Å². The average molecular weight is 430 g/mol. The van der Waals surface area contributed by atoms with E-state index in [0.717, 1.165) is 10.6 Å². The Kier molecular flexibility index (Phi) is 4.83. The van der Waals surface area contributed by atoms with Gasteiger partial charge in [-0.3, -0.25) is 4.79 Å². The third-order valence-corrected chi connectivity index (χ3v) is 4.67. The van der Waals surface area contributed by atoms with Crippen LogP contribution in [0.5, 0.6) is 0 Å². The van der Waals surface area contributed by atoms with Crippen LogP contribution >= 0.6 is 66.4 Å². The van der Waals surface area contributed by atoms with Gasteiger partial charge in [0.1, 0.15) is 13.6 Å². The molecule has 0 bridgehead atoms. The first-order chi connectivity index (χ1) is 8.49. The second-order valence-electron chi connectivity index (χ2n) is 3.31. The number of hydrogen-bond donors (Lipinski definition) is 0. The number of carbonyl (C=O) groups is 1. The summed E-state index contributed by atoms with van der Waals surface area (Å²) in [5.41, 5.74) is 1.49. The number of halogens is 4. The molecule has 0 saturated carbocycles. The second kappa shape index (κ2) is 6.01. The Morgan fingerprint density at radius 1 is 1.28 bits per heavy atom. The Balaban J connectivity index is 2.49. The van der Waals surface area contributed by atoms with Crippen molar-refractivity contribution < 1.29 is 4.79 Å². The Morgan fingerprint density at radius 2 is 1.89 bits per heavy atom. The summed E-state index contributed by atoms with van der Waals surface area (Å²) in [7, 11) is 0. The lowest BCUT2D eigenvalue weighted by Gasteiger charge is -1.97. The summed E-state index contributed by atoms with van der Waals surface area (Å²) in [5.74, 6) is 0. The Hall–Kier alpha value is 0.0600. The number of aromatic nitrogens is 1. The van der Waals surface area contributed by atoms with E-state index in [2.05, 4.69) is 36.8 Å². The van der Waals surface area contributed by atoms with E-state index in [-0.39, 0.29) is 3.74 Å². The van der Waals surface area contributed by atoms with Crippen LogP contribution in [0.4, 0.5) is 0 Å². The van der Waals surface area contributed by atoms with Crippen molar-refractivity contribution in [2.75, 3.05) is 0 Å². The molecule has 18 heavy (non-hydrogen) atoms. The third-order valence-electron chi connectivity index (χ3n) is 2.13. The molecule has 0 N–H and O–H groups in total.